The van der Waals surface area contributed by atoms with Crippen LogP contribution >= 0.6 is 0 Å². The van der Waals surface area contributed by atoms with Gasteiger partial charge in [-0.1, -0.05) is 36.4 Å². The molecule has 98 valence electrons. The fraction of sp³-hybridized carbons (Fsp3) is 0.250. The molecule has 0 aliphatic heterocycles. The molecule has 3 nitrogen and oxygen atoms in total. The van der Waals surface area contributed by atoms with Crippen LogP contribution in [0.1, 0.15) is 5.56 Å². The molecule has 0 radical (unpaired) electrons. The van der Waals surface area contributed by atoms with Crippen molar-refractivity contribution in [1.29, 1.82) is 0 Å². The molecule has 1 aromatic rings. The summed E-state index contributed by atoms with van der Waals surface area (Å²) in [4.78, 5) is 11.8. The molecular formula is C16H17NO2. The molecule has 0 aromatic heterocycles. The molecule has 1 N–H and O–H groups in total. The number of rotatable bonds is 6. The van der Waals surface area contributed by atoms with Gasteiger partial charge in [-0.25, -0.2) is 0 Å². The van der Waals surface area contributed by atoms with Crippen LogP contribution in [0.25, 0.3) is 0 Å². The van der Waals surface area contributed by atoms with E-state index in [9.17, 15) is 4.79 Å². The second-order valence-corrected chi connectivity index (χ2v) is 4.34. The third-order valence-corrected chi connectivity index (χ3v) is 2.97. The van der Waals surface area contributed by atoms with Crippen molar-refractivity contribution in [1.82, 2.24) is 5.32 Å². The largest absolute Gasteiger partial charge is 0.468 e. The van der Waals surface area contributed by atoms with E-state index >= 15 is 0 Å². The van der Waals surface area contributed by atoms with Crippen LogP contribution in [-0.2, 0) is 16.0 Å². The lowest BCUT2D eigenvalue weighted by Gasteiger charge is -2.16. The van der Waals surface area contributed by atoms with Crippen molar-refractivity contribution in [2.75, 3.05) is 13.7 Å². The van der Waals surface area contributed by atoms with Gasteiger partial charge in [-0.15, -0.1) is 5.73 Å². The predicted molar refractivity (Wildman–Crippen MR) is 74.7 cm³/mol. The number of nitrogens with one attached hydrogen (secondary N) is 1. The normalized spacial score (nSPS) is 14.3. The van der Waals surface area contributed by atoms with E-state index in [-0.39, 0.29) is 12.0 Å². The van der Waals surface area contributed by atoms with Crippen molar-refractivity contribution in [2.24, 2.45) is 0 Å². The van der Waals surface area contributed by atoms with E-state index in [1.54, 1.807) is 0 Å². The summed E-state index contributed by atoms with van der Waals surface area (Å²) < 4.78 is 4.84. The Labute approximate surface area is 113 Å². The second kappa shape index (κ2) is 6.74. The quantitative estimate of drug-likeness (QED) is 0.624. The predicted octanol–water partition coefficient (Wildman–Crippen LogP) is 2.01. The van der Waals surface area contributed by atoms with E-state index in [0.29, 0.717) is 13.0 Å². The summed E-state index contributed by atoms with van der Waals surface area (Å²) in [5.41, 5.74) is 5.25. The smallest absolute Gasteiger partial charge is 0.323 e. The average molecular weight is 255 g/mol. The average Bonchev–Trinajstić information content (AvgIpc) is 2.97. The van der Waals surface area contributed by atoms with Gasteiger partial charge in [0.25, 0.3) is 0 Å². The third kappa shape index (κ3) is 3.95. The Balaban J connectivity index is 1.97. The maximum Gasteiger partial charge on any atom is 0.323 e. The van der Waals surface area contributed by atoms with Crippen LogP contribution in [0.5, 0.6) is 0 Å². The summed E-state index contributed by atoms with van der Waals surface area (Å²) in [6.45, 7) is 0.611. The first-order valence-electron chi connectivity index (χ1n) is 6.27. The van der Waals surface area contributed by atoms with Gasteiger partial charge in [0.1, 0.15) is 6.04 Å². The second-order valence-electron chi connectivity index (χ2n) is 4.34. The number of allylic oxidation sites excluding steroid dienone is 1. The first-order valence-corrected chi connectivity index (χ1v) is 6.27. The topological polar surface area (TPSA) is 38.3 Å². The SMILES string of the molecule is COC(=O)[C@@H](Cc1ccccc1)NCC1=C=CC=C1. The monoisotopic (exact) mass is 255 g/mol. The first-order chi connectivity index (χ1) is 9.29. The third-order valence-electron chi connectivity index (χ3n) is 2.97. The number of hydrogen-bond acceptors (Lipinski definition) is 3. The number of benzene rings is 1. The standard InChI is InChI=1S/C16H17NO2/c1-19-16(18)15(11-13-7-3-2-4-8-13)17-12-14-9-5-6-10-14/h2-9,15,17H,11-12H2,1H3/t15-/m1/s1. The number of carbonyl (C=O) groups excluding carboxylic acids is 1. The van der Waals surface area contributed by atoms with E-state index in [1.807, 2.05) is 48.6 Å². The summed E-state index contributed by atoms with van der Waals surface area (Å²) in [5.74, 6) is -0.240. The lowest BCUT2D eigenvalue weighted by molar-refractivity contribution is -0.143. The number of carbonyl (C=O) groups is 1. The minimum absolute atomic E-state index is 0.240. The lowest BCUT2D eigenvalue weighted by Crippen LogP contribution is -2.40. The van der Waals surface area contributed by atoms with E-state index in [4.69, 9.17) is 4.74 Å². The molecule has 0 amide bonds. The Kier molecular flexibility index (Phi) is 4.73. The first kappa shape index (κ1) is 13.3. The molecule has 0 saturated heterocycles. The molecule has 0 unspecified atom stereocenters. The molecule has 0 spiro atoms. The van der Waals surface area contributed by atoms with Gasteiger partial charge in [0.2, 0.25) is 0 Å². The van der Waals surface area contributed by atoms with Crippen molar-refractivity contribution in [2.45, 2.75) is 12.5 Å². The molecule has 3 heteroatoms. The van der Waals surface area contributed by atoms with Crippen LogP contribution < -0.4 is 5.32 Å². The highest BCUT2D eigenvalue weighted by Crippen LogP contribution is 2.06. The zero-order valence-corrected chi connectivity index (χ0v) is 10.9. The number of ether oxygens (including phenoxy) is 1. The highest BCUT2D eigenvalue weighted by molar-refractivity contribution is 5.76. The zero-order chi connectivity index (χ0) is 13.5. The van der Waals surface area contributed by atoms with Gasteiger partial charge in [0.05, 0.1) is 7.11 Å². The highest BCUT2D eigenvalue weighted by Gasteiger charge is 2.19. The fourth-order valence-electron chi connectivity index (χ4n) is 1.94. The van der Waals surface area contributed by atoms with Crippen LogP contribution in [0.15, 0.2) is 59.9 Å². The zero-order valence-electron chi connectivity index (χ0n) is 10.9. The maximum atomic E-state index is 11.8. The molecule has 19 heavy (non-hydrogen) atoms. The Morgan fingerprint density at radius 3 is 2.79 bits per heavy atom. The summed E-state index contributed by atoms with van der Waals surface area (Å²) in [6, 6.07) is 9.57. The minimum atomic E-state index is -0.337. The lowest BCUT2D eigenvalue weighted by atomic mass is 10.1. The summed E-state index contributed by atoms with van der Waals surface area (Å²) in [5, 5.41) is 3.22. The molecule has 0 heterocycles. The Bertz CT molecular complexity index is 525. The van der Waals surface area contributed by atoms with E-state index in [0.717, 1.165) is 11.1 Å². The van der Waals surface area contributed by atoms with Crippen molar-refractivity contribution >= 4 is 5.97 Å². The number of esters is 1. The molecule has 1 aliphatic rings. The molecule has 1 atom stereocenters. The van der Waals surface area contributed by atoms with Crippen LogP contribution in [0, 0.1) is 0 Å². The van der Waals surface area contributed by atoms with Gasteiger partial charge in [0.15, 0.2) is 0 Å². The van der Waals surface area contributed by atoms with Gasteiger partial charge < -0.3 is 4.74 Å². The van der Waals surface area contributed by atoms with E-state index < -0.39 is 0 Å². The summed E-state index contributed by atoms with van der Waals surface area (Å²) in [7, 11) is 1.41. The van der Waals surface area contributed by atoms with Crippen molar-refractivity contribution in [3.05, 3.63) is 65.4 Å². The number of hydrogen-bond donors (Lipinski definition) is 1. The summed E-state index contributed by atoms with van der Waals surface area (Å²) >= 11 is 0. The molecule has 0 saturated carbocycles. The molecule has 0 bridgehead atoms. The minimum Gasteiger partial charge on any atom is -0.468 e. The molecule has 2 rings (SSSR count). The highest BCUT2D eigenvalue weighted by atomic mass is 16.5. The van der Waals surface area contributed by atoms with Gasteiger partial charge in [-0.3, -0.25) is 10.1 Å². The maximum absolute atomic E-state index is 11.8. The van der Waals surface area contributed by atoms with Gasteiger partial charge in [0, 0.05) is 12.1 Å². The van der Waals surface area contributed by atoms with Crippen LogP contribution in [0.2, 0.25) is 0 Å². The van der Waals surface area contributed by atoms with Gasteiger partial charge in [-0.05, 0) is 24.1 Å². The van der Waals surface area contributed by atoms with Crippen molar-refractivity contribution in [3.63, 3.8) is 0 Å². The van der Waals surface area contributed by atoms with E-state index in [2.05, 4.69) is 11.0 Å². The number of methoxy groups -OCH3 is 1. The van der Waals surface area contributed by atoms with Crippen molar-refractivity contribution < 1.29 is 9.53 Å². The van der Waals surface area contributed by atoms with Gasteiger partial charge in [-0.2, -0.15) is 0 Å². The molecule has 0 fully saturated rings. The summed E-state index contributed by atoms with van der Waals surface area (Å²) in [6.07, 6.45) is 6.39. The van der Waals surface area contributed by atoms with Crippen molar-refractivity contribution in [3.8, 4) is 0 Å². The van der Waals surface area contributed by atoms with Crippen LogP contribution in [0.3, 0.4) is 0 Å². The Morgan fingerprint density at radius 1 is 1.37 bits per heavy atom. The van der Waals surface area contributed by atoms with Crippen LogP contribution in [0.4, 0.5) is 0 Å². The van der Waals surface area contributed by atoms with Gasteiger partial charge >= 0.3 is 5.97 Å². The molecular weight excluding hydrogens is 238 g/mol. The van der Waals surface area contributed by atoms with E-state index in [1.165, 1.54) is 7.11 Å². The van der Waals surface area contributed by atoms with Crippen LogP contribution in [-0.4, -0.2) is 25.7 Å². The Hall–Kier alpha value is -2.09. The Morgan fingerprint density at radius 2 is 2.16 bits per heavy atom. The molecule has 1 aromatic carbocycles. The fourth-order valence-corrected chi connectivity index (χ4v) is 1.94. The molecule has 1 aliphatic carbocycles.